The first kappa shape index (κ1) is 8.31. The fraction of sp³-hybridized carbons (Fsp3) is 0.667. The lowest BCUT2D eigenvalue weighted by molar-refractivity contribution is -0.139. The zero-order chi connectivity index (χ0) is 8.10. The molecule has 1 heterocycles. The van der Waals surface area contributed by atoms with Crippen LogP contribution in [0.2, 0.25) is 0 Å². The minimum atomic E-state index is -0.0823. The standard InChI is InChI=1S/C9H14O2/c1-2-3-4-5-8-6-7-11-9(8)10/h6-8H,2-5H2,1H3. The normalized spacial score (nSPS) is 22.3. The molecule has 0 saturated carbocycles. The largest absolute Gasteiger partial charge is 0.434 e. The van der Waals surface area contributed by atoms with Gasteiger partial charge in [0.15, 0.2) is 0 Å². The summed E-state index contributed by atoms with van der Waals surface area (Å²) in [4.78, 5) is 10.9. The molecule has 0 N–H and O–H groups in total. The monoisotopic (exact) mass is 154 g/mol. The number of hydrogen-bond donors (Lipinski definition) is 0. The molecule has 0 radical (unpaired) electrons. The lowest BCUT2D eigenvalue weighted by Crippen LogP contribution is -2.07. The Hall–Kier alpha value is -0.790. The van der Waals surface area contributed by atoms with Gasteiger partial charge in [0.05, 0.1) is 12.2 Å². The maximum atomic E-state index is 10.9. The average Bonchev–Trinajstić information content (AvgIpc) is 2.37. The van der Waals surface area contributed by atoms with Gasteiger partial charge in [-0.3, -0.25) is 4.79 Å². The Morgan fingerprint density at radius 3 is 2.91 bits per heavy atom. The van der Waals surface area contributed by atoms with Gasteiger partial charge < -0.3 is 4.74 Å². The van der Waals surface area contributed by atoms with Gasteiger partial charge in [0.1, 0.15) is 0 Å². The van der Waals surface area contributed by atoms with E-state index in [-0.39, 0.29) is 11.9 Å². The van der Waals surface area contributed by atoms with E-state index in [1.54, 1.807) is 0 Å². The minimum Gasteiger partial charge on any atom is -0.434 e. The summed E-state index contributed by atoms with van der Waals surface area (Å²) in [6, 6.07) is 0. The topological polar surface area (TPSA) is 26.3 Å². The number of cyclic esters (lactones) is 1. The van der Waals surface area contributed by atoms with Crippen molar-refractivity contribution >= 4 is 5.97 Å². The van der Waals surface area contributed by atoms with Gasteiger partial charge in [-0.1, -0.05) is 26.2 Å². The third kappa shape index (κ3) is 2.37. The predicted octanol–water partition coefficient (Wildman–Crippen LogP) is 2.25. The van der Waals surface area contributed by atoms with Gasteiger partial charge in [0.25, 0.3) is 0 Å². The molecule has 0 aromatic carbocycles. The number of hydrogen-bond acceptors (Lipinski definition) is 2. The van der Waals surface area contributed by atoms with E-state index in [9.17, 15) is 4.79 Å². The van der Waals surface area contributed by atoms with E-state index >= 15 is 0 Å². The first-order valence-corrected chi connectivity index (χ1v) is 4.21. The van der Waals surface area contributed by atoms with E-state index in [2.05, 4.69) is 11.7 Å². The number of unbranched alkanes of at least 4 members (excludes halogenated alkanes) is 2. The average molecular weight is 154 g/mol. The van der Waals surface area contributed by atoms with E-state index in [0.29, 0.717) is 0 Å². The Kier molecular flexibility index (Phi) is 3.14. The third-order valence-electron chi connectivity index (χ3n) is 1.92. The van der Waals surface area contributed by atoms with Crippen LogP contribution in [0.5, 0.6) is 0 Å². The molecule has 1 rings (SSSR count). The maximum Gasteiger partial charge on any atom is 0.317 e. The Bertz CT molecular complexity index is 161. The first-order valence-electron chi connectivity index (χ1n) is 4.21. The lowest BCUT2D eigenvalue weighted by atomic mass is 10.0. The maximum absolute atomic E-state index is 10.9. The Morgan fingerprint density at radius 1 is 1.55 bits per heavy atom. The second kappa shape index (κ2) is 4.16. The lowest BCUT2D eigenvalue weighted by Gasteiger charge is -2.02. The van der Waals surface area contributed by atoms with Gasteiger partial charge in [-0.15, -0.1) is 0 Å². The molecule has 2 heteroatoms. The number of carbonyl (C=O) groups is 1. The molecule has 1 atom stereocenters. The van der Waals surface area contributed by atoms with E-state index < -0.39 is 0 Å². The summed E-state index contributed by atoms with van der Waals surface area (Å²) >= 11 is 0. The van der Waals surface area contributed by atoms with Gasteiger partial charge in [-0.05, 0) is 12.5 Å². The highest BCUT2D eigenvalue weighted by Gasteiger charge is 2.20. The molecule has 1 aliphatic heterocycles. The highest BCUT2D eigenvalue weighted by Crippen LogP contribution is 2.17. The van der Waals surface area contributed by atoms with Crippen molar-refractivity contribution < 1.29 is 9.53 Å². The molecule has 11 heavy (non-hydrogen) atoms. The first-order chi connectivity index (χ1) is 5.34. The van der Waals surface area contributed by atoms with Crippen molar-refractivity contribution in [2.24, 2.45) is 5.92 Å². The SMILES string of the molecule is CCCCCC1C=COC1=O. The third-order valence-corrected chi connectivity index (χ3v) is 1.92. The predicted molar refractivity (Wildman–Crippen MR) is 42.9 cm³/mol. The van der Waals surface area contributed by atoms with Crippen LogP contribution >= 0.6 is 0 Å². The van der Waals surface area contributed by atoms with Crippen LogP contribution in [0.1, 0.15) is 32.6 Å². The number of carbonyl (C=O) groups excluding carboxylic acids is 1. The summed E-state index contributed by atoms with van der Waals surface area (Å²) < 4.78 is 4.68. The molecule has 0 aromatic rings. The Morgan fingerprint density at radius 2 is 2.36 bits per heavy atom. The highest BCUT2D eigenvalue weighted by molar-refractivity contribution is 5.77. The summed E-state index contributed by atoms with van der Waals surface area (Å²) in [7, 11) is 0. The smallest absolute Gasteiger partial charge is 0.317 e. The Balaban J connectivity index is 2.15. The summed E-state index contributed by atoms with van der Waals surface area (Å²) in [5, 5.41) is 0. The zero-order valence-electron chi connectivity index (χ0n) is 6.88. The molecular weight excluding hydrogens is 140 g/mol. The summed E-state index contributed by atoms with van der Waals surface area (Å²) in [6.07, 6.45) is 7.82. The summed E-state index contributed by atoms with van der Waals surface area (Å²) in [6.45, 7) is 2.16. The van der Waals surface area contributed by atoms with Gasteiger partial charge in [-0.2, -0.15) is 0 Å². The van der Waals surface area contributed by atoms with E-state index in [4.69, 9.17) is 0 Å². The molecule has 0 bridgehead atoms. The highest BCUT2D eigenvalue weighted by atomic mass is 16.5. The van der Waals surface area contributed by atoms with Gasteiger partial charge in [0, 0.05) is 0 Å². The minimum absolute atomic E-state index is 0.0431. The summed E-state index contributed by atoms with van der Waals surface area (Å²) in [5.41, 5.74) is 0. The van der Waals surface area contributed by atoms with Crippen molar-refractivity contribution in [3.05, 3.63) is 12.3 Å². The second-order valence-corrected chi connectivity index (χ2v) is 2.87. The van der Waals surface area contributed by atoms with Gasteiger partial charge in [-0.25, -0.2) is 0 Å². The van der Waals surface area contributed by atoms with Crippen molar-refractivity contribution in [1.29, 1.82) is 0 Å². The van der Waals surface area contributed by atoms with Crippen molar-refractivity contribution in [3.8, 4) is 0 Å². The van der Waals surface area contributed by atoms with Crippen molar-refractivity contribution in [1.82, 2.24) is 0 Å². The number of rotatable bonds is 4. The van der Waals surface area contributed by atoms with E-state index in [0.717, 1.165) is 12.8 Å². The van der Waals surface area contributed by atoms with Crippen molar-refractivity contribution in [2.75, 3.05) is 0 Å². The quantitative estimate of drug-likeness (QED) is 0.458. The van der Waals surface area contributed by atoms with Crippen LogP contribution in [0.15, 0.2) is 12.3 Å². The van der Waals surface area contributed by atoms with Crippen LogP contribution < -0.4 is 0 Å². The van der Waals surface area contributed by atoms with Gasteiger partial charge >= 0.3 is 5.97 Å². The van der Waals surface area contributed by atoms with Crippen LogP contribution in [0.25, 0.3) is 0 Å². The van der Waals surface area contributed by atoms with Crippen LogP contribution in [-0.4, -0.2) is 5.97 Å². The molecule has 0 amide bonds. The molecule has 0 spiro atoms. The second-order valence-electron chi connectivity index (χ2n) is 2.87. The Labute approximate surface area is 67.2 Å². The number of ether oxygens (including phenoxy) is 1. The molecule has 2 nitrogen and oxygen atoms in total. The molecule has 0 fully saturated rings. The molecule has 1 aliphatic rings. The van der Waals surface area contributed by atoms with Crippen molar-refractivity contribution in [3.63, 3.8) is 0 Å². The molecule has 0 aliphatic carbocycles. The fourth-order valence-corrected chi connectivity index (χ4v) is 1.20. The molecular formula is C9H14O2. The molecule has 1 unspecified atom stereocenters. The van der Waals surface area contributed by atoms with E-state index in [1.807, 2.05) is 6.08 Å². The zero-order valence-corrected chi connectivity index (χ0v) is 6.88. The summed E-state index contributed by atoms with van der Waals surface area (Å²) in [5.74, 6) is -0.0392. The van der Waals surface area contributed by atoms with Crippen LogP contribution in [-0.2, 0) is 9.53 Å². The van der Waals surface area contributed by atoms with E-state index in [1.165, 1.54) is 19.1 Å². The molecule has 0 saturated heterocycles. The number of esters is 1. The van der Waals surface area contributed by atoms with Crippen molar-refractivity contribution in [2.45, 2.75) is 32.6 Å². The van der Waals surface area contributed by atoms with Crippen LogP contribution in [0, 0.1) is 5.92 Å². The fourth-order valence-electron chi connectivity index (χ4n) is 1.20. The molecule has 62 valence electrons. The molecule has 0 aromatic heterocycles. The van der Waals surface area contributed by atoms with Crippen LogP contribution in [0.3, 0.4) is 0 Å². The van der Waals surface area contributed by atoms with Gasteiger partial charge in [0.2, 0.25) is 0 Å². The van der Waals surface area contributed by atoms with Crippen LogP contribution in [0.4, 0.5) is 0 Å².